The van der Waals surface area contributed by atoms with Crippen molar-refractivity contribution in [2.45, 2.75) is 31.2 Å². The number of amides is 1. The van der Waals surface area contributed by atoms with Gasteiger partial charge in [-0.2, -0.15) is 0 Å². The molecule has 18 heavy (non-hydrogen) atoms. The van der Waals surface area contributed by atoms with Gasteiger partial charge in [0.15, 0.2) is 0 Å². The third-order valence-corrected chi connectivity index (χ3v) is 4.53. The van der Waals surface area contributed by atoms with E-state index in [1.165, 1.54) is 12.1 Å². The molecule has 1 aliphatic carbocycles. The summed E-state index contributed by atoms with van der Waals surface area (Å²) in [7, 11) is 0. The lowest BCUT2D eigenvalue weighted by atomic mass is 9.99. The van der Waals surface area contributed by atoms with E-state index in [1.807, 2.05) is 0 Å². The first kappa shape index (κ1) is 13.8. The quantitative estimate of drug-likeness (QED) is 0.835. The molecule has 0 spiro atoms. The summed E-state index contributed by atoms with van der Waals surface area (Å²) in [5.74, 6) is -0.296. The SMILES string of the molecule is O=C(NC1(CCl)CCCC1)c1ccc(Br)c(F)c1. The number of alkyl halides is 1. The Hall–Kier alpha value is -0.610. The molecule has 0 saturated heterocycles. The molecule has 0 unspecified atom stereocenters. The normalized spacial score (nSPS) is 17.7. The molecule has 1 amide bonds. The molecule has 1 aromatic rings. The summed E-state index contributed by atoms with van der Waals surface area (Å²) in [5.41, 5.74) is 0.00874. The van der Waals surface area contributed by atoms with Gasteiger partial charge in [-0.1, -0.05) is 12.8 Å². The number of hydrogen-bond acceptors (Lipinski definition) is 1. The molecule has 1 saturated carbocycles. The summed E-state index contributed by atoms with van der Waals surface area (Å²) in [6.45, 7) is 0. The van der Waals surface area contributed by atoms with Crippen molar-refractivity contribution in [2.75, 3.05) is 5.88 Å². The molecule has 0 atom stereocenters. The highest BCUT2D eigenvalue weighted by Gasteiger charge is 2.34. The fraction of sp³-hybridized carbons (Fsp3) is 0.462. The van der Waals surface area contributed by atoms with Crippen LogP contribution in [0.4, 0.5) is 4.39 Å². The zero-order chi connectivity index (χ0) is 13.2. The predicted octanol–water partition coefficient (Wildman–Crippen LogP) is 3.87. The minimum atomic E-state index is -0.436. The second-order valence-electron chi connectivity index (χ2n) is 4.70. The first-order valence-electron chi connectivity index (χ1n) is 5.90. The van der Waals surface area contributed by atoms with E-state index in [-0.39, 0.29) is 11.4 Å². The van der Waals surface area contributed by atoms with E-state index in [1.54, 1.807) is 6.07 Å². The zero-order valence-electron chi connectivity index (χ0n) is 9.81. The van der Waals surface area contributed by atoms with Crippen LogP contribution in [-0.2, 0) is 0 Å². The molecule has 1 fully saturated rings. The summed E-state index contributed by atoms with van der Waals surface area (Å²) < 4.78 is 13.7. The summed E-state index contributed by atoms with van der Waals surface area (Å²) >= 11 is 9.02. The molecule has 1 aromatic carbocycles. The molecular weight excluding hydrogens is 321 g/mol. The van der Waals surface area contributed by atoms with E-state index in [4.69, 9.17) is 11.6 Å². The van der Waals surface area contributed by atoms with Crippen molar-refractivity contribution in [3.05, 3.63) is 34.1 Å². The third kappa shape index (κ3) is 2.86. The highest BCUT2D eigenvalue weighted by Crippen LogP contribution is 2.31. The van der Waals surface area contributed by atoms with Crippen molar-refractivity contribution in [1.82, 2.24) is 5.32 Å². The van der Waals surface area contributed by atoms with Crippen LogP contribution in [-0.4, -0.2) is 17.3 Å². The van der Waals surface area contributed by atoms with E-state index < -0.39 is 5.82 Å². The molecule has 98 valence electrons. The summed E-state index contributed by atoms with van der Waals surface area (Å²) in [4.78, 5) is 12.1. The van der Waals surface area contributed by atoms with Gasteiger partial charge in [0.1, 0.15) is 5.82 Å². The summed E-state index contributed by atoms with van der Waals surface area (Å²) in [6, 6.07) is 4.36. The van der Waals surface area contributed by atoms with Crippen LogP contribution in [0.5, 0.6) is 0 Å². The first-order valence-corrected chi connectivity index (χ1v) is 7.23. The zero-order valence-corrected chi connectivity index (χ0v) is 12.2. The Kier molecular flexibility index (Phi) is 4.28. The topological polar surface area (TPSA) is 29.1 Å². The highest BCUT2D eigenvalue weighted by molar-refractivity contribution is 9.10. The average molecular weight is 335 g/mol. The van der Waals surface area contributed by atoms with Gasteiger partial charge in [-0.05, 0) is 47.0 Å². The molecule has 2 rings (SSSR count). The molecule has 0 radical (unpaired) electrons. The minimum absolute atomic E-state index is 0.260. The van der Waals surface area contributed by atoms with Crippen molar-refractivity contribution in [3.63, 3.8) is 0 Å². The summed E-state index contributed by atoms with van der Waals surface area (Å²) in [5, 5.41) is 2.95. The Morgan fingerprint density at radius 2 is 2.11 bits per heavy atom. The van der Waals surface area contributed by atoms with E-state index in [0.717, 1.165) is 25.7 Å². The summed E-state index contributed by atoms with van der Waals surface area (Å²) in [6.07, 6.45) is 3.92. The maximum Gasteiger partial charge on any atom is 0.251 e. The molecule has 0 heterocycles. The lowest BCUT2D eigenvalue weighted by Gasteiger charge is -2.27. The number of nitrogens with one attached hydrogen (secondary N) is 1. The Bertz CT molecular complexity index is 460. The van der Waals surface area contributed by atoms with E-state index >= 15 is 0 Å². The fourth-order valence-electron chi connectivity index (χ4n) is 2.29. The highest BCUT2D eigenvalue weighted by atomic mass is 79.9. The van der Waals surface area contributed by atoms with Crippen molar-refractivity contribution in [3.8, 4) is 0 Å². The van der Waals surface area contributed by atoms with Gasteiger partial charge in [0.05, 0.1) is 10.0 Å². The van der Waals surface area contributed by atoms with E-state index in [9.17, 15) is 9.18 Å². The predicted molar refractivity (Wildman–Crippen MR) is 73.5 cm³/mol. The smallest absolute Gasteiger partial charge is 0.251 e. The Labute approximate surface area is 119 Å². The van der Waals surface area contributed by atoms with Gasteiger partial charge >= 0.3 is 0 Å². The van der Waals surface area contributed by atoms with Crippen LogP contribution in [0.25, 0.3) is 0 Å². The molecule has 0 aliphatic heterocycles. The standard InChI is InChI=1S/C13H14BrClFNO/c14-10-4-3-9(7-11(10)16)12(18)17-13(8-15)5-1-2-6-13/h3-4,7H,1-2,5-6,8H2,(H,17,18). The van der Waals surface area contributed by atoms with Crippen LogP contribution in [0.2, 0.25) is 0 Å². The van der Waals surface area contributed by atoms with Crippen LogP contribution < -0.4 is 5.32 Å². The monoisotopic (exact) mass is 333 g/mol. The number of benzene rings is 1. The number of halogens is 3. The Balaban J connectivity index is 2.13. The molecule has 0 aromatic heterocycles. The van der Waals surface area contributed by atoms with Gasteiger partial charge in [0.25, 0.3) is 5.91 Å². The van der Waals surface area contributed by atoms with Crippen LogP contribution in [0.1, 0.15) is 36.0 Å². The molecular formula is C13H14BrClFNO. The van der Waals surface area contributed by atoms with Gasteiger partial charge in [-0.25, -0.2) is 4.39 Å². The number of carbonyl (C=O) groups excluding carboxylic acids is 1. The third-order valence-electron chi connectivity index (χ3n) is 3.38. The van der Waals surface area contributed by atoms with Gasteiger partial charge in [0.2, 0.25) is 0 Å². The van der Waals surface area contributed by atoms with Gasteiger partial charge in [0, 0.05) is 11.4 Å². The van der Waals surface area contributed by atoms with Crippen LogP contribution >= 0.6 is 27.5 Å². The largest absolute Gasteiger partial charge is 0.345 e. The number of rotatable bonds is 3. The first-order chi connectivity index (χ1) is 8.56. The molecule has 1 N–H and O–H groups in total. The fourth-order valence-corrected chi connectivity index (χ4v) is 2.87. The second kappa shape index (κ2) is 5.57. The van der Waals surface area contributed by atoms with Crippen molar-refractivity contribution < 1.29 is 9.18 Å². The van der Waals surface area contributed by atoms with E-state index in [2.05, 4.69) is 21.2 Å². The molecule has 0 bridgehead atoms. The number of carbonyl (C=O) groups is 1. The van der Waals surface area contributed by atoms with Gasteiger partial charge < -0.3 is 5.32 Å². The van der Waals surface area contributed by atoms with E-state index in [0.29, 0.717) is 15.9 Å². The maximum absolute atomic E-state index is 13.4. The Morgan fingerprint density at radius 1 is 1.44 bits per heavy atom. The molecule has 1 aliphatic rings. The number of hydrogen-bond donors (Lipinski definition) is 1. The minimum Gasteiger partial charge on any atom is -0.345 e. The molecule has 5 heteroatoms. The van der Waals surface area contributed by atoms with Gasteiger partial charge in [-0.3, -0.25) is 4.79 Å². The van der Waals surface area contributed by atoms with Crippen molar-refractivity contribution in [1.29, 1.82) is 0 Å². The average Bonchev–Trinajstić information content (AvgIpc) is 2.82. The van der Waals surface area contributed by atoms with Crippen LogP contribution in [0.3, 0.4) is 0 Å². The lowest BCUT2D eigenvalue weighted by Crippen LogP contribution is -2.47. The van der Waals surface area contributed by atoms with Crippen LogP contribution in [0.15, 0.2) is 22.7 Å². The maximum atomic E-state index is 13.4. The Morgan fingerprint density at radius 3 is 2.67 bits per heavy atom. The van der Waals surface area contributed by atoms with Crippen LogP contribution in [0, 0.1) is 5.82 Å². The van der Waals surface area contributed by atoms with Gasteiger partial charge in [-0.15, -0.1) is 11.6 Å². The van der Waals surface area contributed by atoms with Crippen molar-refractivity contribution in [2.24, 2.45) is 0 Å². The second-order valence-corrected chi connectivity index (χ2v) is 5.83. The van der Waals surface area contributed by atoms with Crippen molar-refractivity contribution >= 4 is 33.4 Å². The molecule has 2 nitrogen and oxygen atoms in total. The lowest BCUT2D eigenvalue weighted by molar-refractivity contribution is 0.0909.